The van der Waals surface area contributed by atoms with Crippen LogP contribution in [0.5, 0.6) is 0 Å². The van der Waals surface area contributed by atoms with Crippen LogP contribution in [0.15, 0.2) is 33.7 Å². The fourth-order valence-corrected chi connectivity index (χ4v) is 4.29. The van der Waals surface area contributed by atoms with E-state index >= 15 is 0 Å². The molecule has 2 N–H and O–H groups in total. The molecule has 134 valence electrons. The van der Waals surface area contributed by atoms with Crippen molar-refractivity contribution in [1.29, 1.82) is 0 Å². The Labute approximate surface area is 156 Å². The van der Waals surface area contributed by atoms with Crippen molar-refractivity contribution in [3.8, 4) is 0 Å². The second-order valence-corrected chi connectivity index (χ2v) is 7.94. The second-order valence-electron chi connectivity index (χ2n) is 6.38. The van der Waals surface area contributed by atoms with Crippen LogP contribution in [0.2, 0.25) is 0 Å². The first-order valence-corrected chi connectivity index (χ1v) is 10.4. The van der Waals surface area contributed by atoms with Gasteiger partial charge in [0, 0.05) is 19.6 Å². The maximum atomic E-state index is 11.9. The molecule has 3 heterocycles. The van der Waals surface area contributed by atoms with Crippen LogP contribution in [-0.4, -0.2) is 36.3 Å². The fourth-order valence-electron chi connectivity index (χ4n) is 2.96. The number of hydrogen-bond acceptors (Lipinski definition) is 5. The minimum Gasteiger partial charge on any atom is -0.348 e. The summed E-state index contributed by atoms with van der Waals surface area (Å²) in [6, 6.07) is 4.11. The maximum absolute atomic E-state index is 11.9. The summed E-state index contributed by atoms with van der Waals surface area (Å²) >= 11 is 3.31. The van der Waals surface area contributed by atoms with Gasteiger partial charge in [-0.15, -0.1) is 0 Å². The third-order valence-corrected chi connectivity index (χ3v) is 5.95. The van der Waals surface area contributed by atoms with Crippen molar-refractivity contribution in [2.75, 3.05) is 19.6 Å². The van der Waals surface area contributed by atoms with Crippen LogP contribution in [0, 0.1) is 5.92 Å². The number of thiophene rings is 2. The van der Waals surface area contributed by atoms with Crippen molar-refractivity contribution in [1.82, 2.24) is 15.5 Å². The number of carbonyl (C=O) groups is 2. The van der Waals surface area contributed by atoms with Gasteiger partial charge in [0.25, 0.3) is 0 Å². The number of carbonyl (C=O) groups excluding carboxylic acids is 2. The molecule has 0 unspecified atom stereocenters. The maximum Gasteiger partial charge on any atom is 0.309 e. The number of likely N-dealkylation sites (tertiary alicyclic amines) is 1. The largest absolute Gasteiger partial charge is 0.348 e. The molecule has 7 heteroatoms. The number of amides is 2. The van der Waals surface area contributed by atoms with Gasteiger partial charge >= 0.3 is 11.8 Å². The summed E-state index contributed by atoms with van der Waals surface area (Å²) in [5, 5.41) is 13.6. The SMILES string of the molecule is O=C(NCc1ccsc1)C(=O)NCC1CCN(Cc2ccsc2)CC1. The van der Waals surface area contributed by atoms with Gasteiger partial charge in [-0.25, -0.2) is 0 Å². The first kappa shape index (κ1) is 18.1. The molecule has 2 aromatic heterocycles. The van der Waals surface area contributed by atoms with Crippen LogP contribution in [0.25, 0.3) is 0 Å². The monoisotopic (exact) mass is 377 g/mol. The molecule has 0 aliphatic carbocycles. The zero-order chi connectivity index (χ0) is 17.5. The molecule has 0 aromatic carbocycles. The van der Waals surface area contributed by atoms with Crippen LogP contribution in [0.3, 0.4) is 0 Å². The summed E-state index contributed by atoms with van der Waals surface area (Å²) in [6.07, 6.45) is 2.11. The van der Waals surface area contributed by atoms with Crippen LogP contribution in [0.1, 0.15) is 24.0 Å². The number of hydrogen-bond donors (Lipinski definition) is 2. The normalized spacial score (nSPS) is 15.8. The topological polar surface area (TPSA) is 61.4 Å². The highest BCUT2D eigenvalue weighted by molar-refractivity contribution is 7.08. The lowest BCUT2D eigenvalue weighted by molar-refractivity contribution is -0.139. The lowest BCUT2D eigenvalue weighted by Gasteiger charge is -2.31. The molecule has 2 amide bonds. The zero-order valence-electron chi connectivity index (χ0n) is 14.1. The van der Waals surface area contributed by atoms with Crippen LogP contribution >= 0.6 is 22.7 Å². The van der Waals surface area contributed by atoms with Crippen LogP contribution in [0.4, 0.5) is 0 Å². The smallest absolute Gasteiger partial charge is 0.309 e. The van der Waals surface area contributed by atoms with E-state index in [0.29, 0.717) is 19.0 Å². The third kappa shape index (κ3) is 5.66. The molecule has 5 nitrogen and oxygen atoms in total. The van der Waals surface area contributed by atoms with Gasteiger partial charge in [0.1, 0.15) is 0 Å². The Kier molecular flexibility index (Phi) is 6.61. The Morgan fingerprint density at radius 3 is 2.28 bits per heavy atom. The van der Waals surface area contributed by atoms with Gasteiger partial charge in [0.15, 0.2) is 0 Å². The van der Waals surface area contributed by atoms with Gasteiger partial charge in [0.2, 0.25) is 0 Å². The number of piperidine rings is 1. The van der Waals surface area contributed by atoms with E-state index in [2.05, 4.69) is 32.4 Å². The van der Waals surface area contributed by atoms with Gasteiger partial charge in [-0.2, -0.15) is 22.7 Å². The number of nitrogens with zero attached hydrogens (tertiary/aromatic N) is 1. The predicted octanol–water partition coefficient (Wildman–Crippen LogP) is 2.45. The molecule has 0 spiro atoms. The number of nitrogens with one attached hydrogen (secondary N) is 2. The van der Waals surface area contributed by atoms with Gasteiger partial charge in [-0.05, 0) is 76.6 Å². The summed E-state index contributed by atoms with van der Waals surface area (Å²) in [4.78, 5) is 26.2. The molecule has 25 heavy (non-hydrogen) atoms. The minimum atomic E-state index is -0.555. The third-order valence-electron chi connectivity index (χ3n) is 4.48. The highest BCUT2D eigenvalue weighted by atomic mass is 32.1. The second kappa shape index (κ2) is 9.12. The molecular formula is C18H23N3O2S2. The van der Waals surface area contributed by atoms with E-state index < -0.39 is 11.8 Å². The standard InChI is InChI=1S/C18H23N3O2S2/c22-17(18(23)20-10-15-3-7-24-12-15)19-9-14-1-5-21(6-2-14)11-16-4-8-25-13-16/h3-4,7-8,12-14H,1-2,5-6,9-11H2,(H,19,22)(H,20,23). The molecule has 0 radical (unpaired) electrons. The number of rotatable bonds is 6. The summed E-state index contributed by atoms with van der Waals surface area (Å²) < 4.78 is 0. The van der Waals surface area contributed by atoms with Crippen molar-refractivity contribution >= 4 is 34.5 Å². The van der Waals surface area contributed by atoms with Crippen molar-refractivity contribution in [3.05, 3.63) is 44.8 Å². The van der Waals surface area contributed by atoms with E-state index in [9.17, 15) is 9.59 Å². The lowest BCUT2D eigenvalue weighted by atomic mass is 9.96. The van der Waals surface area contributed by atoms with Crippen molar-refractivity contribution in [2.45, 2.75) is 25.9 Å². The Bertz CT molecular complexity index is 663. The quantitative estimate of drug-likeness (QED) is 0.760. The molecule has 1 aliphatic heterocycles. The molecule has 0 saturated carbocycles. The van der Waals surface area contributed by atoms with Gasteiger partial charge < -0.3 is 10.6 Å². The van der Waals surface area contributed by atoms with Crippen LogP contribution in [-0.2, 0) is 22.7 Å². The molecule has 1 aliphatic rings. The van der Waals surface area contributed by atoms with Crippen molar-refractivity contribution in [2.24, 2.45) is 5.92 Å². The molecule has 3 rings (SSSR count). The molecular weight excluding hydrogens is 354 g/mol. The fraction of sp³-hybridized carbons (Fsp3) is 0.444. The highest BCUT2D eigenvalue weighted by Gasteiger charge is 2.21. The van der Waals surface area contributed by atoms with Gasteiger partial charge in [-0.1, -0.05) is 0 Å². The first-order chi connectivity index (χ1) is 12.2. The molecule has 0 bridgehead atoms. The van der Waals surface area contributed by atoms with Crippen molar-refractivity contribution < 1.29 is 9.59 Å². The lowest BCUT2D eigenvalue weighted by Crippen LogP contribution is -2.43. The molecule has 1 fully saturated rings. The molecule has 1 saturated heterocycles. The molecule has 2 aromatic rings. The first-order valence-electron chi connectivity index (χ1n) is 8.51. The Morgan fingerprint density at radius 1 is 1.00 bits per heavy atom. The minimum absolute atomic E-state index is 0.400. The zero-order valence-corrected chi connectivity index (χ0v) is 15.7. The Balaban J connectivity index is 1.32. The molecule has 0 atom stereocenters. The van der Waals surface area contributed by atoms with E-state index in [1.807, 2.05) is 16.8 Å². The van der Waals surface area contributed by atoms with E-state index in [4.69, 9.17) is 0 Å². The van der Waals surface area contributed by atoms with E-state index in [-0.39, 0.29) is 0 Å². The van der Waals surface area contributed by atoms with Gasteiger partial charge in [0.05, 0.1) is 0 Å². The summed E-state index contributed by atoms with van der Waals surface area (Å²) in [7, 11) is 0. The highest BCUT2D eigenvalue weighted by Crippen LogP contribution is 2.19. The summed E-state index contributed by atoms with van der Waals surface area (Å²) in [5.74, 6) is -0.635. The average molecular weight is 378 g/mol. The van der Waals surface area contributed by atoms with E-state index in [1.54, 1.807) is 22.7 Å². The van der Waals surface area contributed by atoms with Crippen LogP contribution < -0.4 is 10.6 Å². The summed E-state index contributed by atoms with van der Waals surface area (Å²) in [6.45, 7) is 4.07. The predicted molar refractivity (Wildman–Crippen MR) is 101 cm³/mol. The van der Waals surface area contributed by atoms with Gasteiger partial charge in [-0.3, -0.25) is 14.5 Å². The Morgan fingerprint density at radius 2 is 1.64 bits per heavy atom. The van der Waals surface area contributed by atoms with E-state index in [0.717, 1.165) is 38.0 Å². The summed E-state index contributed by atoms with van der Waals surface area (Å²) in [5.41, 5.74) is 2.39. The Hall–Kier alpha value is -1.70. The van der Waals surface area contributed by atoms with E-state index in [1.165, 1.54) is 5.56 Å². The average Bonchev–Trinajstić information content (AvgIpc) is 3.32. The van der Waals surface area contributed by atoms with Crippen molar-refractivity contribution in [3.63, 3.8) is 0 Å².